The third-order valence-corrected chi connectivity index (χ3v) is 2.47. The topological polar surface area (TPSA) is 61.5 Å². The van der Waals surface area contributed by atoms with Crippen LogP contribution in [0.3, 0.4) is 0 Å². The molecule has 2 N–H and O–H groups in total. The number of ether oxygens (including phenoxy) is 2. The summed E-state index contributed by atoms with van der Waals surface area (Å²) in [5.41, 5.74) is 6.62. The summed E-state index contributed by atoms with van der Waals surface area (Å²) in [7, 11) is 0. The van der Waals surface area contributed by atoms with Crippen LogP contribution in [0, 0.1) is 0 Å². The van der Waals surface area contributed by atoms with E-state index in [2.05, 4.69) is 0 Å². The zero-order valence-electron chi connectivity index (χ0n) is 10.9. The largest absolute Gasteiger partial charge is 0.482 e. The predicted molar refractivity (Wildman–Crippen MR) is 70.6 cm³/mol. The first-order valence-corrected chi connectivity index (χ1v) is 6.33. The highest BCUT2D eigenvalue weighted by Crippen LogP contribution is 2.12. The maximum absolute atomic E-state index is 11.3. The highest BCUT2D eigenvalue weighted by Gasteiger charge is 2.03. The van der Waals surface area contributed by atoms with Crippen LogP contribution in [-0.2, 0) is 16.0 Å². The molecule has 0 aliphatic carbocycles. The number of esters is 1. The minimum absolute atomic E-state index is 0.0417. The highest BCUT2D eigenvalue weighted by molar-refractivity contribution is 5.71. The van der Waals surface area contributed by atoms with Crippen molar-refractivity contribution in [1.82, 2.24) is 0 Å². The monoisotopic (exact) mass is 251 g/mol. The summed E-state index contributed by atoms with van der Waals surface area (Å²) in [5, 5.41) is 0. The van der Waals surface area contributed by atoms with Gasteiger partial charge in [-0.05, 0) is 37.1 Å². The summed E-state index contributed by atoms with van der Waals surface area (Å²) in [6.07, 6.45) is 2.75. The SMILES string of the molecule is CCCCOC(=O)COc1ccc(CCN)cc1. The Bertz CT molecular complexity index is 349. The van der Waals surface area contributed by atoms with E-state index in [0.717, 1.165) is 24.8 Å². The molecule has 0 saturated carbocycles. The van der Waals surface area contributed by atoms with Gasteiger partial charge in [-0.1, -0.05) is 25.5 Å². The van der Waals surface area contributed by atoms with Gasteiger partial charge in [0.2, 0.25) is 0 Å². The summed E-state index contributed by atoms with van der Waals surface area (Å²) < 4.78 is 10.3. The fourth-order valence-electron chi connectivity index (χ4n) is 1.43. The number of nitrogens with two attached hydrogens (primary N) is 1. The molecule has 1 aromatic rings. The van der Waals surface area contributed by atoms with Crippen LogP contribution >= 0.6 is 0 Å². The third kappa shape index (κ3) is 5.68. The van der Waals surface area contributed by atoms with Crippen LogP contribution < -0.4 is 10.5 Å². The van der Waals surface area contributed by atoms with Crippen molar-refractivity contribution in [1.29, 1.82) is 0 Å². The number of rotatable bonds is 8. The van der Waals surface area contributed by atoms with Crippen molar-refractivity contribution in [3.63, 3.8) is 0 Å². The van der Waals surface area contributed by atoms with Gasteiger partial charge in [0.1, 0.15) is 5.75 Å². The highest BCUT2D eigenvalue weighted by atomic mass is 16.6. The lowest BCUT2D eigenvalue weighted by Gasteiger charge is -2.07. The lowest BCUT2D eigenvalue weighted by atomic mass is 10.1. The van der Waals surface area contributed by atoms with E-state index < -0.39 is 0 Å². The standard InChI is InChI=1S/C14H21NO3/c1-2-3-10-17-14(16)11-18-13-6-4-12(5-7-13)8-9-15/h4-7H,2-3,8-11,15H2,1H3. The molecule has 100 valence electrons. The molecule has 0 saturated heterocycles. The molecular weight excluding hydrogens is 230 g/mol. The van der Waals surface area contributed by atoms with Crippen molar-refractivity contribution >= 4 is 5.97 Å². The van der Waals surface area contributed by atoms with Crippen molar-refractivity contribution in [2.45, 2.75) is 26.2 Å². The van der Waals surface area contributed by atoms with Gasteiger partial charge in [-0.25, -0.2) is 4.79 Å². The fraction of sp³-hybridized carbons (Fsp3) is 0.500. The number of benzene rings is 1. The summed E-state index contributed by atoms with van der Waals surface area (Å²) in [4.78, 5) is 11.3. The zero-order chi connectivity index (χ0) is 13.2. The van der Waals surface area contributed by atoms with E-state index >= 15 is 0 Å². The van der Waals surface area contributed by atoms with Gasteiger partial charge < -0.3 is 15.2 Å². The first kappa shape index (κ1) is 14.5. The van der Waals surface area contributed by atoms with Crippen molar-refractivity contribution in [3.8, 4) is 5.75 Å². The van der Waals surface area contributed by atoms with E-state index in [1.165, 1.54) is 0 Å². The Balaban J connectivity index is 2.27. The van der Waals surface area contributed by atoms with Gasteiger partial charge >= 0.3 is 5.97 Å². The molecule has 4 nitrogen and oxygen atoms in total. The van der Waals surface area contributed by atoms with Crippen LogP contribution in [0.5, 0.6) is 5.75 Å². The molecule has 0 amide bonds. The molecule has 0 bridgehead atoms. The Labute approximate surface area is 108 Å². The molecule has 0 aliphatic heterocycles. The molecule has 0 spiro atoms. The number of carbonyl (C=O) groups is 1. The molecule has 0 heterocycles. The van der Waals surface area contributed by atoms with Gasteiger partial charge in [-0.3, -0.25) is 0 Å². The summed E-state index contributed by atoms with van der Waals surface area (Å²) >= 11 is 0. The zero-order valence-corrected chi connectivity index (χ0v) is 10.9. The first-order valence-electron chi connectivity index (χ1n) is 6.33. The Morgan fingerprint density at radius 1 is 1.28 bits per heavy atom. The normalized spacial score (nSPS) is 10.1. The van der Waals surface area contributed by atoms with Gasteiger partial charge in [0.05, 0.1) is 6.61 Å². The van der Waals surface area contributed by atoms with Crippen LogP contribution in [0.2, 0.25) is 0 Å². The van der Waals surface area contributed by atoms with Gasteiger partial charge in [0, 0.05) is 0 Å². The van der Waals surface area contributed by atoms with Crippen LogP contribution in [0.25, 0.3) is 0 Å². The summed E-state index contributed by atoms with van der Waals surface area (Å²) in [5.74, 6) is 0.345. The quantitative estimate of drug-likeness (QED) is 0.566. The number of hydrogen-bond donors (Lipinski definition) is 1. The molecule has 18 heavy (non-hydrogen) atoms. The molecular formula is C14H21NO3. The molecule has 4 heteroatoms. The fourth-order valence-corrected chi connectivity index (χ4v) is 1.43. The van der Waals surface area contributed by atoms with Crippen molar-refractivity contribution in [2.24, 2.45) is 5.73 Å². The maximum atomic E-state index is 11.3. The first-order chi connectivity index (χ1) is 8.76. The minimum atomic E-state index is -0.325. The molecule has 1 rings (SSSR count). The molecule has 0 radical (unpaired) electrons. The maximum Gasteiger partial charge on any atom is 0.344 e. The smallest absolute Gasteiger partial charge is 0.344 e. The number of unbranched alkanes of at least 4 members (excludes halogenated alkanes) is 1. The van der Waals surface area contributed by atoms with E-state index in [1.807, 2.05) is 31.2 Å². The van der Waals surface area contributed by atoms with Crippen LogP contribution in [-0.4, -0.2) is 25.7 Å². The van der Waals surface area contributed by atoms with Gasteiger partial charge in [-0.2, -0.15) is 0 Å². The van der Waals surface area contributed by atoms with Crippen LogP contribution in [0.1, 0.15) is 25.3 Å². The van der Waals surface area contributed by atoms with Crippen molar-refractivity contribution in [2.75, 3.05) is 19.8 Å². The second-order valence-corrected chi connectivity index (χ2v) is 4.05. The van der Waals surface area contributed by atoms with E-state index in [-0.39, 0.29) is 12.6 Å². The van der Waals surface area contributed by atoms with E-state index in [1.54, 1.807) is 0 Å². The molecule has 0 aliphatic rings. The van der Waals surface area contributed by atoms with Gasteiger partial charge in [-0.15, -0.1) is 0 Å². The second-order valence-electron chi connectivity index (χ2n) is 4.05. The van der Waals surface area contributed by atoms with Crippen molar-refractivity contribution in [3.05, 3.63) is 29.8 Å². The van der Waals surface area contributed by atoms with E-state index in [4.69, 9.17) is 15.2 Å². The predicted octanol–water partition coefficient (Wildman–Crippen LogP) is 1.91. The van der Waals surface area contributed by atoms with E-state index in [9.17, 15) is 4.79 Å². The molecule has 0 aromatic heterocycles. The molecule has 0 fully saturated rings. The Morgan fingerprint density at radius 3 is 2.61 bits per heavy atom. The van der Waals surface area contributed by atoms with Crippen LogP contribution in [0.4, 0.5) is 0 Å². The average Bonchev–Trinajstić information content (AvgIpc) is 2.39. The molecule has 0 atom stereocenters. The lowest BCUT2D eigenvalue weighted by Crippen LogP contribution is -2.15. The Morgan fingerprint density at radius 2 is 2.00 bits per heavy atom. The van der Waals surface area contributed by atoms with E-state index in [0.29, 0.717) is 18.9 Å². The van der Waals surface area contributed by atoms with Crippen molar-refractivity contribution < 1.29 is 14.3 Å². The second kappa shape index (κ2) is 8.53. The molecule has 1 aromatic carbocycles. The average molecular weight is 251 g/mol. The lowest BCUT2D eigenvalue weighted by molar-refractivity contribution is -0.146. The van der Waals surface area contributed by atoms with Crippen LogP contribution in [0.15, 0.2) is 24.3 Å². The summed E-state index contributed by atoms with van der Waals surface area (Å²) in [6, 6.07) is 7.57. The molecule has 0 unspecified atom stereocenters. The van der Waals surface area contributed by atoms with Gasteiger partial charge in [0.15, 0.2) is 6.61 Å². The Kier molecular flexibility index (Phi) is 6.87. The number of hydrogen-bond acceptors (Lipinski definition) is 4. The number of carbonyl (C=O) groups excluding carboxylic acids is 1. The van der Waals surface area contributed by atoms with Gasteiger partial charge in [0.25, 0.3) is 0 Å². The Hall–Kier alpha value is -1.55. The summed E-state index contributed by atoms with van der Waals surface area (Å²) in [6.45, 7) is 3.10. The minimum Gasteiger partial charge on any atom is -0.482 e. The third-order valence-electron chi connectivity index (χ3n) is 2.47.